The van der Waals surface area contributed by atoms with Crippen molar-refractivity contribution in [3.63, 3.8) is 0 Å². The molecule has 234 valence electrons. The van der Waals surface area contributed by atoms with Crippen LogP contribution in [0.3, 0.4) is 0 Å². The van der Waals surface area contributed by atoms with Crippen LogP contribution in [0.25, 0.3) is 98.5 Å². The SMILES string of the molecule is c1ccc(-c2nc(-c3ccccc3)nc(-c3cccc4c3sc3cc(-c5cc(-c6ccccc6)c6c(c5)oc5ccccc56)ccc34)n2)cc1. The average Bonchev–Trinajstić information content (AvgIpc) is 3.76. The Morgan fingerprint density at radius 1 is 0.380 bits per heavy atom. The molecule has 0 N–H and O–H groups in total. The third-order valence-electron chi connectivity index (χ3n) is 9.34. The van der Waals surface area contributed by atoms with Crippen molar-refractivity contribution < 1.29 is 4.42 Å². The molecule has 4 nitrogen and oxygen atoms in total. The van der Waals surface area contributed by atoms with Gasteiger partial charge in [-0.3, -0.25) is 0 Å². The highest BCUT2D eigenvalue weighted by Gasteiger charge is 2.18. The summed E-state index contributed by atoms with van der Waals surface area (Å²) in [6.45, 7) is 0. The van der Waals surface area contributed by atoms with E-state index < -0.39 is 0 Å². The molecule has 50 heavy (non-hydrogen) atoms. The van der Waals surface area contributed by atoms with E-state index in [1.807, 2.05) is 72.8 Å². The Morgan fingerprint density at radius 2 is 1.00 bits per heavy atom. The Kier molecular flexibility index (Phi) is 6.64. The standard InChI is InChI=1S/C45H27N3OS/c1-4-13-28(14-5-1)37-25-32(26-39-41(37)35-19-10-11-22-38(35)49-39)31-23-24-33-34-20-12-21-36(42(34)50-40(33)27-31)45-47-43(29-15-6-2-7-16-29)46-44(48-45)30-17-8-3-9-18-30/h1-27H. The molecule has 0 saturated heterocycles. The van der Waals surface area contributed by atoms with Gasteiger partial charge >= 0.3 is 0 Å². The van der Waals surface area contributed by atoms with E-state index in [2.05, 4.69) is 91.0 Å². The van der Waals surface area contributed by atoms with Crippen LogP contribution >= 0.6 is 11.3 Å². The van der Waals surface area contributed by atoms with E-state index in [-0.39, 0.29) is 0 Å². The predicted octanol–water partition coefficient (Wildman–Crippen LogP) is 12.5. The van der Waals surface area contributed by atoms with Crippen LogP contribution in [-0.4, -0.2) is 15.0 Å². The van der Waals surface area contributed by atoms with E-state index in [9.17, 15) is 0 Å². The molecule has 0 aliphatic carbocycles. The number of furan rings is 1. The Labute approximate surface area is 292 Å². The van der Waals surface area contributed by atoms with Crippen LogP contribution in [0.4, 0.5) is 0 Å². The van der Waals surface area contributed by atoms with Crippen molar-refractivity contribution in [1.29, 1.82) is 0 Å². The summed E-state index contributed by atoms with van der Waals surface area (Å²) in [5, 5.41) is 4.67. The van der Waals surface area contributed by atoms with Crippen molar-refractivity contribution in [2.24, 2.45) is 0 Å². The molecule has 0 atom stereocenters. The predicted molar refractivity (Wildman–Crippen MR) is 207 cm³/mol. The van der Waals surface area contributed by atoms with Crippen LogP contribution in [0, 0.1) is 0 Å². The fraction of sp³-hybridized carbons (Fsp3) is 0. The molecule has 0 unspecified atom stereocenters. The molecular weight excluding hydrogens is 631 g/mol. The summed E-state index contributed by atoms with van der Waals surface area (Å²) in [5.74, 6) is 1.98. The largest absolute Gasteiger partial charge is 0.456 e. The molecule has 0 aliphatic heterocycles. The summed E-state index contributed by atoms with van der Waals surface area (Å²) in [4.78, 5) is 15.0. The lowest BCUT2D eigenvalue weighted by Gasteiger charge is -2.09. The highest BCUT2D eigenvalue weighted by atomic mass is 32.1. The zero-order valence-corrected chi connectivity index (χ0v) is 27.6. The van der Waals surface area contributed by atoms with E-state index in [0.717, 1.165) is 54.5 Å². The lowest BCUT2D eigenvalue weighted by molar-refractivity contribution is 0.669. The number of rotatable bonds is 5. The van der Waals surface area contributed by atoms with E-state index in [1.54, 1.807) is 11.3 Å². The Hall–Kier alpha value is -6.43. The van der Waals surface area contributed by atoms with Gasteiger partial charge in [0.2, 0.25) is 0 Å². The van der Waals surface area contributed by atoms with Crippen molar-refractivity contribution >= 4 is 53.4 Å². The molecule has 10 aromatic rings. The van der Waals surface area contributed by atoms with Gasteiger partial charge in [-0.25, -0.2) is 15.0 Å². The summed E-state index contributed by atoms with van der Waals surface area (Å²) < 4.78 is 8.80. The quantitative estimate of drug-likeness (QED) is 0.185. The summed E-state index contributed by atoms with van der Waals surface area (Å²) >= 11 is 1.78. The highest BCUT2D eigenvalue weighted by molar-refractivity contribution is 7.26. The second-order valence-electron chi connectivity index (χ2n) is 12.4. The molecule has 0 saturated carbocycles. The van der Waals surface area contributed by atoms with Gasteiger partial charge in [0.1, 0.15) is 11.2 Å². The summed E-state index contributed by atoms with van der Waals surface area (Å²) in [5.41, 5.74) is 9.29. The van der Waals surface area contributed by atoms with Crippen molar-refractivity contribution in [2.45, 2.75) is 0 Å². The molecule has 10 rings (SSSR count). The maximum absolute atomic E-state index is 6.44. The fourth-order valence-electron chi connectivity index (χ4n) is 6.95. The normalized spacial score (nSPS) is 11.6. The topological polar surface area (TPSA) is 51.8 Å². The lowest BCUT2D eigenvalue weighted by Crippen LogP contribution is -2.00. The van der Waals surface area contributed by atoms with Gasteiger partial charge in [-0.15, -0.1) is 11.3 Å². The van der Waals surface area contributed by atoms with Gasteiger partial charge in [-0.1, -0.05) is 133 Å². The number of hydrogen-bond acceptors (Lipinski definition) is 5. The molecule has 0 radical (unpaired) electrons. The van der Waals surface area contributed by atoms with Crippen molar-refractivity contribution in [1.82, 2.24) is 15.0 Å². The lowest BCUT2D eigenvalue weighted by atomic mass is 9.94. The van der Waals surface area contributed by atoms with Crippen molar-refractivity contribution in [3.8, 4) is 56.4 Å². The summed E-state index contributed by atoms with van der Waals surface area (Å²) in [6, 6.07) is 56.8. The van der Waals surface area contributed by atoms with E-state index in [0.29, 0.717) is 17.5 Å². The number of fused-ring (bicyclic) bond motifs is 6. The minimum absolute atomic E-state index is 0.657. The van der Waals surface area contributed by atoms with E-state index in [4.69, 9.17) is 19.4 Å². The Bertz CT molecular complexity index is 2800. The first-order valence-electron chi connectivity index (χ1n) is 16.6. The van der Waals surface area contributed by atoms with Crippen LogP contribution in [-0.2, 0) is 0 Å². The number of benzene rings is 7. The Morgan fingerprint density at radius 3 is 1.72 bits per heavy atom. The van der Waals surface area contributed by atoms with Gasteiger partial charge in [0.25, 0.3) is 0 Å². The monoisotopic (exact) mass is 657 g/mol. The summed E-state index contributed by atoms with van der Waals surface area (Å²) in [6.07, 6.45) is 0. The average molecular weight is 658 g/mol. The van der Waals surface area contributed by atoms with E-state index in [1.165, 1.54) is 26.6 Å². The van der Waals surface area contributed by atoms with Gasteiger partial charge in [-0.2, -0.15) is 0 Å². The molecular formula is C45H27N3OS. The molecule has 7 aromatic carbocycles. The van der Waals surface area contributed by atoms with Crippen LogP contribution < -0.4 is 0 Å². The van der Waals surface area contributed by atoms with Gasteiger partial charge in [0.15, 0.2) is 17.5 Å². The smallest absolute Gasteiger partial charge is 0.165 e. The van der Waals surface area contributed by atoms with Gasteiger partial charge in [-0.05, 0) is 52.6 Å². The van der Waals surface area contributed by atoms with Crippen LogP contribution in [0.15, 0.2) is 168 Å². The molecule has 0 amide bonds. The molecule has 3 aromatic heterocycles. The third-order valence-corrected chi connectivity index (χ3v) is 10.5. The maximum atomic E-state index is 6.44. The number of aromatic nitrogens is 3. The molecule has 0 bridgehead atoms. The first-order chi connectivity index (χ1) is 24.8. The maximum Gasteiger partial charge on any atom is 0.165 e. The van der Waals surface area contributed by atoms with Gasteiger partial charge < -0.3 is 4.42 Å². The molecule has 0 aliphatic rings. The van der Waals surface area contributed by atoms with Crippen LogP contribution in [0.5, 0.6) is 0 Å². The fourth-order valence-corrected chi connectivity index (χ4v) is 8.20. The number of nitrogens with zero attached hydrogens (tertiary/aromatic N) is 3. The minimum atomic E-state index is 0.657. The number of hydrogen-bond donors (Lipinski definition) is 0. The first-order valence-corrected chi connectivity index (χ1v) is 17.4. The highest BCUT2D eigenvalue weighted by Crippen LogP contribution is 2.43. The van der Waals surface area contributed by atoms with E-state index >= 15 is 0 Å². The first kappa shape index (κ1) is 28.6. The Balaban J connectivity index is 1.15. The second-order valence-corrected chi connectivity index (χ2v) is 13.4. The third kappa shape index (κ3) is 4.79. The zero-order valence-electron chi connectivity index (χ0n) is 26.7. The number of thiophene rings is 1. The molecule has 5 heteroatoms. The van der Waals surface area contributed by atoms with Gasteiger partial charge in [0, 0.05) is 47.6 Å². The van der Waals surface area contributed by atoms with Crippen molar-refractivity contribution in [3.05, 3.63) is 164 Å². The minimum Gasteiger partial charge on any atom is -0.456 e. The van der Waals surface area contributed by atoms with Gasteiger partial charge in [0.05, 0.1) is 0 Å². The van der Waals surface area contributed by atoms with Crippen LogP contribution in [0.2, 0.25) is 0 Å². The summed E-state index contributed by atoms with van der Waals surface area (Å²) in [7, 11) is 0. The molecule has 0 spiro atoms. The second kappa shape index (κ2) is 11.6. The zero-order chi connectivity index (χ0) is 33.0. The molecule has 0 fully saturated rings. The van der Waals surface area contributed by atoms with Crippen molar-refractivity contribution in [2.75, 3.05) is 0 Å². The number of para-hydroxylation sites is 1. The molecule has 3 heterocycles. The van der Waals surface area contributed by atoms with Crippen LogP contribution in [0.1, 0.15) is 0 Å².